The third-order valence-electron chi connectivity index (χ3n) is 1.85. The standard InChI is InChI=1S/C10H16O6/c1-6(15-7(2)12)10(16-8(3)13)9(5-11)14-4/h5-6,9-10H,1-4H3/t6-,9-,10-/m0/s1. The Morgan fingerprint density at radius 1 is 1.12 bits per heavy atom. The van der Waals surface area contributed by atoms with E-state index in [2.05, 4.69) is 0 Å². The molecule has 6 nitrogen and oxygen atoms in total. The van der Waals surface area contributed by atoms with Crippen molar-refractivity contribution >= 4 is 18.2 Å². The van der Waals surface area contributed by atoms with Crippen LogP contribution in [0.1, 0.15) is 20.8 Å². The summed E-state index contributed by atoms with van der Waals surface area (Å²) in [7, 11) is 1.30. The number of hydrogen-bond acceptors (Lipinski definition) is 6. The Morgan fingerprint density at radius 2 is 1.62 bits per heavy atom. The summed E-state index contributed by atoms with van der Waals surface area (Å²) < 4.78 is 14.6. The second-order valence-corrected chi connectivity index (χ2v) is 3.23. The first-order valence-corrected chi connectivity index (χ1v) is 4.74. The minimum Gasteiger partial charge on any atom is -0.459 e. The highest BCUT2D eigenvalue weighted by atomic mass is 16.6. The maximum atomic E-state index is 10.8. The van der Waals surface area contributed by atoms with Crippen LogP contribution in [0.25, 0.3) is 0 Å². The summed E-state index contributed by atoms with van der Waals surface area (Å²) in [6.07, 6.45) is -2.16. The van der Waals surface area contributed by atoms with E-state index in [0.29, 0.717) is 6.29 Å². The Morgan fingerprint density at radius 3 is 1.94 bits per heavy atom. The molecular weight excluding hydrogens is 216 g/mol. The van der Waals surface area contributed by atoms with Gasteiger partial charge in [-0.05, 0) is 6.92 Å². The topological polar surface area (TPSA) is 78.9 Å². The Kier molecular flexibility index (Phi) is 6.32. The average Bonchev–Trinajstić information content (AvgIpc) is 2.16. The molecule has 0 aliphatic heterocycles. The number of esters is 2. The lowest BCUT2D eigenvalue weighted by molar-refractivity contribution is -0.174. The Hall–Kier alpha value is -1.43. The van der Waals surface area contributed by atoms with E-state index in [1.165, 1.54) is 27.9 Å². The fourth-order valence-electron chi connectivity index (χ4n) is 1.22. The van der Waals surface area contributed by atoms with Crippen molar-refractivity contribution in [3.63, 3.8) is 0 Å². The van der Waals surface area contributed by atoms with Crippen LogP contribution in [-0.4, -0.2) is 43.6 Å². The summed E-state index contributed by atoms with van der Waals surface area (Å²) in [6.45, 7) is 3.94. The first-order chi connectivity index (χ1) is 7.42. The van der Waals surface area contributed by atoms with Crippen molar-refractivity contribution in [2.24, 2.45) is 0 Å². The fraction of sp³-hybridized carbons (Fsp3) is 0.700. The summed E-state index contributed by atoms with van der Waals surface area (Å²) in [4.78, 5) is 32.3. The zero-order valence-corrected chi connectivity index (χ0v) is 9.76. The predicted molar refractivity (Wildman–Crippen MR) is 53.6 cm³/mol. The molecule has 0 aromatic rings. The van der Waals surface area contributed by atoms with Crippen molar-refractivity contribution in [3.05, 3.63) is 0 Å². The molecule has 0 bridgehead atoms. The number of methoxy groups -OCH3 is 1. The molecule has 3 atom stereocenters. The van der Waals surface area contributed by atoms with Crippen molar-refractivity contribution < 1.29 is 28.6 Å². The van der Waals surface area contributed by atoms with Crippen LogP contribution >= 0.6 is 0 Å². The molecule has 0 aromatic carbocycles. The quantitative estimate of drug-likeness (QED) is 0.477. The van der Waals surface area contributed by atoms with Crippen molar-refractivity contribution in [2.75, 3.05) is 7.11 Å². The maximum absolute atomic E-state index is 10.8. The molecular formula is C10H16O6. The average molecular weight is 232 g/mol. The van der Waals surface area contributed by atoms with Gasteiger partial charge in [0.15, 0.2) is 18.5 Å². The van der Waals surface area contributed by atoms with E-state index in [1.807, 2.05) is 0 Å². The summed E-state index contributed by atoms with van der Waals surface area (Å²) in [6, 6.07) is 0. The molecule has 0 fully saturated rings. The van der Waals surface area contributed by atoms with Crippen LogP contribution in [0, 0.1) is 0 Å². The fourth-order valence-corrected chi connectivity index (χ4v) is 1.22. The van der Waals surface area contributed by atoms with Gasteiger partial charge in [-0.2, -0.15) is 0 Å². The van der Waals surface area contributed by atoms with E-state index in [0.717, 1.165) is 0 Å². The van der Waals surface area contributed by atoms with Crippen LogP contribution in [0.3, 0.4) is 0 Å². The molecule has 16 heavy (non-hydrogen) atoms. The minimum absolute atomic E-state index is 0.494. The lowest BCUT2D eigenvalue weighted by atomic mass is 10.1. The van der Waals surface area contributed by atoms with Gasteiger partial charge in [-0.25, -0.2) is 0 Å². The zero-order valence-electron chi connectivity index (χ0n) is 9.76. The molecule has 0 aliphatic carbocycles. The first kappa shape index (κ1) is 14.6. The molecule has 0 heterocycles. The van der Waals surface area contributed by atoms with Crippen LogP contribution in [0.5, 0.6) is 0 Å². The lowest BCUT2D eigenvalue weighted by Gasteiger charge is -2.26. The van der Waals surface area contributed by atoms with Crippen LogP contribution < -0.4 is 0 Å². The van der Waals surface area contributed by atoms with E-state index in [9.17, 15) is 14.4 Å². The van der Waals surface area contributed by atoms with Gasteiger partial charge in [0.2, 0.25) is 0 Å². The number of hydrogen-bond donors (Lipinski definition) is 0. The van der Waals surface area contributed by atoms with Gasteiger partial charge < -0.3 is 19.0 Å². The van der Waals surface area contributed by atoms with E-state index in [1.54, 1.807) is 0 Å². The van der Waals surface area contributed by atoms with Crippen molar-refractivity contribution in [3.8, 4) is 0 Å². The Labute approximate surface area is 93.8 Å². The van der Waals surface area contributed by atoms with Crippen molar-refractivity contribution in [2.45, 2.75) is 39.1 Å². The predicted octanol–water partition coefficient (Wildman–Crippen LogP) is 0.0836. The van der Waals surface area contributed by atoms with Crippen LogP contribution in [0.2, 0.25) is 0 Å². The molecule has 92 valence electrons. The largest absolute Gasteiger partial charge is 0.459 e. The molecule has 0 spiro atoms. The van der Waals surface area contributed by atoms with Gasteiger partial charge in [-0.15, -0.1) is 0 Å². The molecule has 0 aliphatic rings. The maximum Gasteiger partial charge on any atom is 0.303 e. The number of aldehydes is 1. The van der Waals surface area contributed by atoms with Gasteiger partial charge in [-0.3, -0.25) is 9.59 Å². The first-order valence-electron chi connectivity index (χ1n) is 4.74. The van der Waals surface area contributed by atoms with E-state index < -0.39 is 30.3 Å². The molecule has 0 amide bonds. The van der Waals surface area contributed by atoms with Gasteiger partial charge in [0, 0.05) is 21.0 Å². The molecule has 0 saturated heterocycles. The summed E-state index contributed by atoms with van der Waals surface area (Å²) in [5.41, 5.74) is 0. The van der Waals surface area contributed by atoms with Gasteiger partial charge in [-0.1, -0.05) is 0 Å². The van der Waals surface area contributed by atoms with Gasteiger partial charge >= 0.3 is 11.9 Å². The van der Waals surface area contributed by atoms with Gasteiger partial charge in [0.25, 0.3) is 0 Å². The van der Waals surface area contributed by atoms with Crippen LogP contribution in [-0.2, 0) is 28.6 Å². The smallest absolute Gasteiger partial charge is 0.303 e. The van der Waals surface area contributed by atoms with Gasteiger partial charge in [0.05, 0.1) is 0 Å². The summed E-state index contributed by atoms with van der Waals surface area (Å²) in [5, 5.41) is 0. The molecule has 0 unspecified atom stereocenters. The highest BCUT2D eigenvalue weighted by Gasteiger charge is 2.31. The molecule has 0 N–H and O–H groups in total. The zero-order chi connectivity index (χ0) is 12.7. The number of rotatable bonds is 6. The summed E-state index contributed by atoms with van der Waals surface area (Å²) >= 11 is 0. The minimum atomic E-state index is -0.960. The number of carbonyl (C=O) groups excluding carboxylic acids is 3. The SMILES string of the molecule is CO[C@@H](C=O)[C@@H](OC(C)=O)[C@H](C)OC(C)=O. The normalized spacial score (nSPS) is 15.8. The molecule has 6 heteroatoms. The summed E-state index contributed by atoms with van der Waals surface area (Å²) in [5.74, 6) is -1.10. The molecule has 0 aromatic heterocycles. The highest BCUT2D eigenvalue weighted by molar-refractivity contribution is 5.68. The van der Waals surface area contributed by atoms with Crippen molar-refractivity contribution in [1.82, 2.24) is 0 Å². The Bertz CT molecular complexity index is 262. The third-order valence-corrected chi connectivity index (χ3v) is 1.85. The Balaban J connectivity index is 4.69. The van der Waals surface area contributed by atoms with E-state index in [4.69, 9.17) is 14.2 Å². The molecule has 0 saturated carbocycles. The molecule has 0 rings (SSSR count). The van der Waals surface area contributed by atoms with Crippen LogP contribution in [0.15, 0.2) is 0 Å². The van der Waals surface area contributed by atoms with Crippen LogP contribution in [0.4, 0.5) is 0 Å². The third kappa shape index (κ3) is 4.88. The second-order valence-electron chi connectivity index (χ2n) is 3.23. The van der Waals surface area contributed by atoms with E-state index in [-0.39, 0.29) is 0 Å². The number of ether oxygens (including phenoxy) is 3. The van der Waals surface area contributed by atoms with E-state index >= 15 is 0 Å². The highest BCUT2D eigenvalue weighted by Crippen LogP contribution is 2.11. The number of carbonyl (C=O) groups is 3. The van der Waals surface area contributed by atoms with Crippen molar-refractivity contribution in [1.29, 1.82) is 0 Å². The monoisotopic (exact) mass is 232 g/mol. The second kappa shape index (κ2) is 6.95. The molecule has 0 radical (unpaired) electrons. The lowest BCUT2D eigenvalue weighted by Crippen LogP contribution is -2.43. The van der Waals surface area contributed by atoms with Gasteiger partial charge in [0.1, 0.15) is 6.10 Å².